The third-order valence-electron chi connectivity index (χ3n) is 4.47. The lowest BCUT2D eigenvalue weighted by atomic mass is 10.1. The van der Waals surface area contributed by atoms with E-state index in [2.05, 4.69) is 10.4 Å². The maximum atomic E-state index is 12.7. The summed E-state index contributed by atoms with van der Waals surface area (Å²) in [5, 5.41) is 17.4. The number of nitrogens with one attached hydrogen (secondary N) is 1. The Labute approximate surface area is 158 Å². The van der Waals surface area contributed by atoms with Crippen LogP contribution in [0.1, 0.15) is 33.3 Å². The summed E-state index contributed by atoms with van der Waals surface area (Å²) in [7, 11) is 3.37. The van der Waals surface area contributed by atoms with E-state index < -0.39 is 6.10 Å². The van der Waals surface area contributed by atoms with Crippen molar-refractivity contribution in [1.29, 1.82) is 0 Å². The molecule has 2 N–H and O–H groups in total. The van der Waals surface area contributed by atoms with Crippen molar-refractivity contribution in [3.8, 4) is 5.75 Å². The highest BCUT2D eigenvalue weighted by Crippen LogP contribution is 2.24. The van der Waals surface area contributed by atoms with Crippen LogP contribution < -0.4 is 10.1 Å². The van der Waals surface area contributed by atoms with E-state index in [1.54, 1.807) is 30.1 Å². The molecule has 140 valence electrons. The van der Waals surface area contributed by atoms with Gasteiger partial charge in [-0.3, -0.25) is 9.48 Å². The Morgan fingerprint density at radius 2 is 1.89 bits per heavy atom. The van der Waals surface area contributed by atoms with Gasteiger partial charge in [0.2, 0.25) is 0 Å². The zero-order chi connectivity index (χ0) is 19.2. The van der Waals surface area contributed by atoms with Gasteiger partial charge in [0, 0.05) is 25.6 Å². The van der Waals surface area contributed by atoms with Crippen molar-refractivity contribution in [2.75, 3.05) is 13.7 Å². The van der Waals surface area contributed by atoms with Crippen LogP contribution in [0.2, 0.25) is 0 Å². The predicted octanol–water partition coefficient (Wildman–Crippen LogP) is 2.48. The number of hydrogen-bond donors (Lipinski definition) is 2. The van der Waals surface area contributed by atoms with E-state index >= 15 is 0 Å². The second-order valence-electron chi connectivity index (χ2n) is 6.26. The molecule has 0 saturated heterocycles. The van der Waals surface area contributed by atoms with Crippen molar-refractivity contribution >= 4 is 5.91 Å². The lowest BCUT2D eigenvalue weighted by Crippen LogP contribution is -2.29. The van der Waals surface area contributed by atoms with Gasteiger partial charge < -0.3 is 15.2 Å². The summed E-state index contributed by atoms with van der Waals surface area (Å²) >= 11 is 0. The lowest BCUT2D eigenvalue weighted by molar-refractivity contribution is 0.0913. The smallest absolute Gasteiger partial charge is 0.254 e. The topological polar surface area (TPSA) is 76.4 Å². The number of carbonyl (C=O) groups is 1. The summed E-state index contributed by atoms with van der Waals surface area (Å²) < 4.78 is 6.97. The molecule has 27 heavy (non-hydrogen) atoms. The van der Waals surface area contributed by atoms with Crippen LogP contribution in [-0.4, -0.2) is 34.4 Å². The van der Waals surface area contributed by atoms with Crippen molar-refractivity contribution < 1.29 is 14.6 Å². The molecule has 0 saturated carbocycles. The Balaban J connectivity index is 1.70. The molecule has 0 aliphatic heterocycles. The number of aromatic nitrogens is 2. The fraction of sp³-hybridized carbons (Fsp3) is 0.238. The summed E-state index contributed by atoms with van der Waals surface area (Å²) in [6.07, 6.45) is 1.30. The van der Waals surface area contributed by atoms with E-state index in [4.69, 9.17) is 4.74 Å². The molecule has 0 fully saturated rings. The molecular formula is C21H23N3O3. The summed E-state index contributed by atoms with van der Waals surface area (Å²) in [6.45, 7) is 0.0822. The maximum Gasteiger partial charge on any atom is 0.254 e. The van der Waals surface area contributed by atoms with Crippen molar-refractivity contribution in [2.24, 2.45) is 7.05 Å². The minimum Gasteiger partial charge on any atom is -0.496 e. The van der Waals surface area contributed by atoms with Gasteiger partial charge in [0.05, 0.1) is 30.7 Å². The van der Waals surface area contributed by atoms with Crippen molar-refractivity contribution in [3.05, 3.63) is 83.2 Å². The first-order chi connectivity index (χ1) is 13.1. The van der Waals surface area contributed by atoms with Gasteiger partial charge in [-0.25, -0.2) is 0 Å². The molecule has 1 unspecified atom stereocenters. The van der Waals surface area contributed by atoms with E-state index in [-0.39, 0.29) is 12.5 Å². The second kappa shape index (κ2) is 8.51. The number of methoxy groups -OCH3 is 1. The highest BCUT2D eigenvalue weighted by Gasteiger charge is 2.19. The zero-order valence-electron chi connectivity index (χ0n) is 15.4. The Hall–Kier alpha value is -3.12. The number of nitrogens with zero attached hydrogens (tertiary/aromatic N) is 2. The summed E-state index contributed by atoms with van der Waals surface area (Å²) in [5.41, 5.74) is 3.07. The molecule has 0 spiro atoms. The number of hydrogen-bond acceptors (Lipinski definition) is 4. The SMILES string of the molecule is COc1ccccc1C(O)CNC(=O)c1cnn(C)c1Cc1ccccc1. The predicted molar refractivity (Wildman–Crippen MR) is 103 cm³/mol. The van der Waals surface area contributed by atoms with Crippen LogP contribution in [0, 0.1) is 0 Å². The standard InChI is InChI=1S/C21H23N3O3/c1-24-18(12-15-8-4-3-5-9-15)17(13-23-24)21(26)22-14-19(25)16-10-6-7-11-20(16)27-2/h3-11,13,19,25H,12,14H2,1-2H3,(H,22,26). The van der Waals surface area contributed by atoms with Crippen molar-refractivity contribution in [2.45, 2.75) is 12.5 Å². The van der Waals surface area contributed by atoms with Crippen LogP contribution in [0.4, 0.5) is 0 Å². The van der Waals surface area contributed by atoms with Gasteiger partial charge in [-0.15, -0.1) is 0 Å². The zero-order valence-corrected chi connectivity index (χ0v) is 15.4. The van der Waals surface area contributed by atoms with Gasteiger partial charge in [0.25, 0.3) is 5.91 Å². The molecule has 3 rings (SSSR count). The molecule has 0 bridgehead atoms. The minimum atomic E-state index is -0.862. The van der Waals surface area contributed by atoms with Gasteiger partial charge >= 0.3 is 0 Å². The molecule has 0 aliphatic carbocycles. The number of aliphatic hydroxyl groups is 1. The number of amides is 1. The molecule has 1 atom stereocenters. The average Bonchev–Trinajstić information content (AvgIpc) is 3.07. The van der Waals surface area contributed by atoms with Crippen LogP contribution >= 0.6 is 0 Å². The van der Waals surface area contributed by atoms with Crippen LogP contribution in [-0.2, 0) is 13.5 Å². The molecule has 1 amide bonds. The number of aliphatic hydroxyl groups excluding tert-OH is 1. The lowest BCUT2D eigenvalue weighted by Gasteiger charge is -2.15. The van der Waals surface area contributed by atoms with Crippen LogP contribution in [0.5, 0.6) is 5.75 Å². The molecule has 6 nitrogen and oxygen atoms in total. The van der Waals surface area contributed by atoms with Gasteiger partial charge in [-0.05, 0) is 11.6 Å². The molecule has 2 aromatic carbocycles. The fourth-order valence-electron chi connectivity index (χ4n) is 2.99. The largest absolute Gasteiger partial charge is 0.496 e. The van der Waals surface area contributed by atoms with E-state index in [9.17, 15) is 9.90 Å². The van der Waals surface area contributed by atoms with Crippen molar-refractivity contribution in [1.82, 2.24) is 15.1 Å². The van der Waals surface area contributed by atoms with Gasteiger partial charge in [-0.2, -0.15) is 5.10 Å². The molecule has 1 heterocycles. The third kappa shape index (κ3) is 4.35. The molecule has 0 aliphatic rings. The fourth-order valence-corrected chi connectivity index (χ4v) is 2.99. The van der Waals surface area contributed by atoms with Crippen molar-refractivity contribution in [3.63, 3.8) is 0 Å². The summed E-state index contributed by atoms with van der Waals surface area (Å²) in [4.78, 5) is 12.7. The van der Waals surface area contributed by atoms with E-state index in [1.165, 1.54) is 0 Å². The molecule has 6 heteroatoms. The van der Waals surface area contributed by atoms with Crippen LogP contribution in [0.15, 0.2) is 60.8 Å². The monoisotopic (exact) mass is 365 g/mol. The molecular weight excluding hydrogens is 342 g/mol. The minimum absolute atomic E-state index is 0.0822. The summed E-state index contributed by atoms with van der Waals surface area (Å²) in [6, 6.07) is 17.1. The highest BCUT2D eigenvalue weighted by atomic mass is 16.5. The third-order valence-corrected chi connectivity index (χ3v) is 4.47. The Kier molecular flexibility index (Phi) is 5.88. The highest BCUT2D eigenvalue weighted by molar-refractivity contribution is 5.95. The van der Waals surface area contributed by atoms with Gasteiger partial charge in [0.1, 0.15) is 5.75 Å². The van der Waals surface area contributed by atoms with E-state index in [1.807, 2.05) is 49.5 Å². The maximum absolute atomic E-state index is 12.7. The molecule has 3 aromatic rings. The number of carbonyl (C=O) groups excluding carboxylic acids is 1. The normalized spacial score (nSPS) is 11.8. The van der Waals surface area contributed by atoms with Crippen LogP contribution in [0.25, 0.3) is 0 Å². The number of para-hydroxylation sites is 1. The second-order valence-corrected chi connectivity index (χ2v) is 6.26. The average molecular weight is 365 g/mol. The molecule has 1 aromatic heterocycles. The Bertz CT molecular complexity index is 906. The van der Waals surface area contributed by atoms with Gasteiger partial charge in [-0.1, -0.05) is 48.5 Å². The van der Waals surface area contributed by atoms with Gasteiger partial charge in [0.15, 0.2) is 0 Å². The number of aryl methyl sites for hydroxylation is 1. The van der Waals surface area contributed by atoms with E-state index in [0.29, 0.717) is 23.3 Å². The first-order valence-corrected chi connectivity index (χ1v) is 8.74. The molecule has 0 radical (unpaired) electrons. The van der Waals surface area contributed by atoms with Crippen LogP contribution in [0.3, 0.4) is 0 Å². The quantitative estimate of drug-likeness (QED) is 0.674. The number of rotatable bonds is 7. The number of benzene rings is 2. The first-order valence-electron chi connectivity index (χ1n) is 8.74. The number of ether oxygens (including phenoxy) is 1. The first kappa shape index (κ1) is 18.7. The summed E-state index contributed by atoms with van der Waals surface area (Å²) in [5.74, 6) is 0.327. The van der Waals surface area contributed by atoms with E-state index in [0.717, 1.165) is 11.3 Å². The Morgan fingerprint density at radius 3 is 2.63 bits per heavy atom. The Morgan fingerprint density at radius 1 is 1.19 bits per heavy atom.